The predicted octanol–water partition coefficient (Wildman–Crippen LogP) is -1.01. The standard InChI is InChI=1S/C5H14N2O3S/c1-2-3-11(8,9)10-5(7)4-6/h5H,2-4,6-7H2,1H3. The molecule has 0 amide bonds. The van der Waals surface area contributed by atoms with E-state index in [9.17, 15) is 8.42 Å². The SMILES string of the molecule is CCCS(=O)(=O)OC(N)CN. The van der Waals surface area contributed by atoms with Crippen LogP contribution >= 0.6 is 0 Å². The summed E-state index contributed by atoms with van der Waals surface area (Å²) in [6.07, 6.45) is -0.397. The molecule has 0 aromatic carbocycles. The lowest BCUT2D eigenvalue weighted by molar-refractivity contribution is 0.225. The minimum Gasteiger partial charge on any atom is -0.327 e. The van der Waals surface area contributed by atoms with Crippen LogP contribution in [-0.2, 0) is 14.3 Å². The summed E-state index contributed by atoms with van der Waals surface area (Å²) in [5.41, 5.74) is 10.2. The lowest BCUT2D eigenvalue weighted by atomic mass is 10.6. The molecule has 4 N–H and O–H groups in total. The van der Waals surface area contributed by atoms with Gasteiger partial charge in [0.05, 0.1) is 5.75 Å². The van der Waals surface area contributed by atoms with Crippen LogP contribution in [0.4, 0.5) is 0 Å². The topological polar surface area (TPSA) is 95.4 Å². The Kier molecular flexibility index (Phi) is 4.58. The van der Waals surface area contributed by atoms with E-state index in [-0.39, 0.29) is 12.3 Å². The maximum Gasteiger partial charge on any atom is 0.268 e. The summed E-state index contributed by atoms with van der Waals surface area (Å²) >= 11 is 0. The van der Waals surface area contributed by atoms with Crippen molar-refractivity contribution in [3.8, 4) is 0 Å². The highest BCUT2D eigenvalue weighted by Gasteiger charge is 2.13. The van der Waals surface area contributed by atoms with Crippen molar-refractivity contribution in [2.24, 2.45) is 11.5 Å². The van der Waals surface area contributed by atoms with Crippen LogP contribution in [0.1, 0.15) is 13.3 Å². The average molecular weight is 182 g/mol. The van der Waals surface area contributed by atoms with Gasteiger partial charge in [-0.1, -0.05) is 6.92 Å². The van der Waals surface area contributed by atoms with Gasteiger partial charge in [-0.15, -0.1) is 0 Å². The number of hydrogen-bond donors (Lipinski definition) is 2. The summed E-state index contributed by atoms with van der Waals surface area (Å²) in [5.74, 6) is -0.0132. The minimum absolute atomic E-state index is 0.00292. The van der Waals surface area contributed by atoms with E-state index in [1.54, 1.807) is 6.92 Å². The van der Waals surface area contributed by atoms with Crippen molar-refractivity contribution in [2.75, 3.05) is 12.3 Å². The zero-order valence-corrected chi connectivity index (χ0v) is 7.30. The number of nitrogens with two attached hydrogens (primary N) is 2. The molecule has 0 aliphatic rings. The number of hydrogen-bond acceptors (Lipinski definition) is 5. The first-order valence-corrected chi connectivity index (χ1v) is 4.96. The smallest absolute Gasteiger partial charge is 0.268 e. The van der Waals surface area contributed by atoms with Crippen LogP contribution in [0.5, 0.6) is 0 Å². The van der Waals surface area contributed by atoms with Crippen LogP contribution in [0.2, 0.25) is 0 Å². The second-order valence-corrected chi connectivity index (χ2v) is 3.85. The molecule has 0 spiro atoms. The molecule has 68 valence electrons. The van der Waals surface area contributed by atoms with Crippen molar-refractivity contribution in [3.63, 3.8) is 0 Å². The van der Waals surface area contributed by atoms with Crippen LogP contribution in [0.15, 0.2) is 0 Å². The molecule has 0 aliphatic heterocycles. The Balaban J connectivity index is 3.92. The highest BCUT2D eigenvalue weighted by atomic mass is 32.2. The normalized spacial score (nSPS) is 14.8. The zero-order chi connectivity index (χ0) is 8.91. The summed E-state index contributed by atoms with van der Waals surface area (Å²) in [6.45, 7) is 1.75. The Labute approximate surface area is 66.8 Å². The van der Waals surface area contributed by atoms with Crippen molar-refractivity contribution < 1.29 is 12.6 Å². The van der Waals surface area contributed by atoms with E-state index in [0.717, 1.165) is 0 Å². The molecule has 0 saturated heterocycles. The van der Waals surface area contributed by atoms with E-state index >= 15 is 0 Å². The highest BCUT2D eigenvalue weighted by Crippen LogP contribution is 1.97. The zero-order valence-electron chi connectivity index (χ0n) is 6.49. The maximum atomic E-state index is 10.8. The fourth-order valence-electron chi connectivity index (χ4n) is 0.526. The third kappa shape index (κ3) is 5.14. The van der Waals surface area contributed by atoms with Gasteiger partial charge in [-0.25, -0.2) is 4.18 Å². The first kappa shape index (κ1) is 10.8. The van der Waals surface area contributed by atoms with Gasteiger partial charge in [-0.3, -0.25) is 0 Å². The fraction of sp³-hybridized carbons (Fsp3) is 1.00. The molecule has 0 aromatic rings. The second-order valence-electron chi connectivity index (χ2n) is 2.13. The van der Waals surface area contributed by atoms with Crippen LogP contribution in [0.25, 0.3) is 0 Å². The van der Waals surface area contributed by atoms with Crippen molar-refractivity contribution in [2.45, 2.75) is 19.6 Å². The number of rotatable bonds is 5. The molecule has 0 heterocycles. The van der Waals surface area contributed by atoms with Crippen molar-refractivity contribution in [1.82, 2.24) is 0 Å². The lowest BCUT2D eigenvalue weighted by Crippen LogP contribution is -2.35. The third-order valence-electron chi connectivity index (χ3n) is 0.957. The Morgan fingerprint density at radius 3 is 2.45 bits per heavy atom. The molecule has 0 saturated carbocycles. The molecule has 6 heteroatoms. The van der Waals surface area contributed by atoms with E-state index in [1.165, 1.54) is 0 Å². The van der Waals surface area contributed by atoms with Gasteiger partial charge in [0.2, 0.25) is 0 Å². The summed E-state index contributed by atoms with van der Waals surface area (Å²) in [4.78, 5) is 0. The van der Waals surface area contributed by atoms with Gasteiger partial charge >= 0.3 is 0 Å². The molecule has 5 nitrogen and oxygen atoms in total. The van der Waals surface area contributed by atoms with Crippen LogP contribution < -0.4 is 11.5 Å². The minimum atomic E-state index is -3.45. The van der Waals surface area contributed by atoms with Gasteiger partial charge in [-0.05, 0) is 6.42 Å². The molecule has 0 radical (unpaired) electrons. The molecular weight excluding hydrogens is 168 g/mol. The van der Waals surface area contributed by atoms with E-state index in [4.69, 9.17) is 11.5 Å². The Bertz CT molecular complexity index is 190. The third-order valence-corrected chi connectivity index (χ3v) is 2.41. The molecule has 0 aliphatic carbocycles. The van der Waals surface area contributed by atoms with Gasteiger partial charge in [0, 0.05) is 6.54 Å². The van der Waals surface area contributed by atoms with E-state index in [2.05, 4.69) is 4.18 Å². The quantitative estimate of drug-likeness (QED) is 0.419. The molecule has 11 heavy (non-hydrogen) atoms. The highest BCUT2D eigenvalue weighted by molar-refractivity contribution is 7.86. The van der Waals surface area contributed by atoms with E-state index < -0.39 is 16.3 Å². The molecule has 0 bridgehead atoms. The van der Waals surface area contributed by atoms with E-state index in [0.29, 0.717) is 6.42 Å². The fourth-order valence-corrected chi connectivity index (χ4v) is 1.58. The summed E-state index contributed by atoms with van der Waals surface area (Å²) < 4.78 is 26.1. The largest absolute Gasteiger partial charge is 0.327 e. The molecule has 0 fully saturated rings. The first-order valence-electron chi connectivity index (χ1n) is 3.38. The second kappa shape index (κ2) is 4.66. The van der Waals surface area contributed by atoms with Gasteiger partial charge < -0.3 is 11.5 Å². The van der Waals surface area contributed by atoms with Gasteiger partial charge in [0.25, 0.3) is 10.1 Å². The Hall–Kier alpha value is -0.170. The molecule has 0 rings (SSSR count). The first-order chi connectivity index (χ1) is 5.02. The van der Waals surface area contributed by atoms with Crippen LogP contribution in [-0.4, -0.2) is 26.9 Å². The molecular formula is C5H14N2O3S. The molecule has 0 aromatic heterocycles. The summed E-state index contributed by atoms with van der Waals surface area (Å²) in [7, 11) is -3.45. The van der Waals surface area contributed by atoms with Gasteiger partial charge in [0.1, 0.15) is 6.23 Å². The maximum absolute atomic E-state index is 10.8. The molecule has 1 atom stereocenters. The van der Waals surface area contributed by atoms with Gasteiger partial charge in [-0.2, -0.15) is 8.42 Å². The van der Waals surface area contributed by atoms with Crippen molar-refractivity contribution >= 4 is 10.1 Å². The monoisotopic (exact) mass is 182 g/mol. The van der Waals surface area contributed by atoms with Crippen LogP contribution in [0, 0.1) is 0 Å². The summed E-state index contributed by atoms with van der Waals surface area (Å²) in [5, 5.41) is 0. The Morgan fingerprint density at radius 2 is 2.09 bits per heavy atom. The molecule has 1 unspecified atom stereocenters. The summed E-state index contributed by atoms with van der Waals surface area (Å²) in [6, 6.07) is 0. The van der Waals surface area contributed by atoms with Crippen molar-refractivity contribution in [3.05, 3.63) is 0 Å². The van der Waals surface area contributed by atoms with Gasteiger partial charge in [0.15, 0.2) is 0 Å². The van der Waals surface area contributed by atoms with E-state index in [1.807, 2.05) is 0 Å². The Morgan fingerprint density at radius 1 is 1.55 bits per heavy atom. The van der Waals surface area contributed by atoms with Crippen LogP contribution in [0.3, 0.4) is 0 Å². The predicted molar refractivity (Wildman–Crippen MR) is 42.2 cm³/mol. The lowest BCUT2D eigenvalue weighted by Gasteiger charge is -2.09. The van der Waals surface area contributed by atoms with Crippen molar-refractivity contribution in [1.29, 1.82) is 0 Å². The average Bonchev–Trinajstić information content (AvgIpc) is 1.86.